The topological polar surface area (TPSA) is 73.7 Å². The molecule has 2 heterocycles. The van der Waals surface area contributed by atoms with Gasteiger partial charge < -0.3 is 14.9 Å². The molecule has 1 fully saturated rings. The molecular formula is C17H16BrN3O3. The van der Waals surface area contributed by atoms with E-state index in [1.807, 2.05) is 17.0 Å². The molecule has 1 amide bonds. The molecule has 0 aliphatic carbocycles. The number of pyridine rings is 1. The molecule has 0 spiro atoms. The molecule has 124 valence electrons. The van der Waals surface area contributed by atoms with Gasteiger partial charge in [0.25, 0.3) is 5.91 Å². The van der Waals surface area contributed by atoms with Crippen LogP contribution in [0.1, 0.15) is 20.7 Å². The van der Waals surface area contributed by atoms with Crippen molar-refractivity contribution in [1.29, 1.82) is 0 Å². The number of carbonyl (C=O) groups excluding carboxylic acids is 1. The number of hydrogen-bond donors (Lipinski definition) is 1. The van der Waals surface area contributed by atoms with Crippen molar-refractivity contribution in [3.8, 4) is 0 Å². The first-order valence-corrected chi connectivity index (χ1v) is 8.33. The third kappa shape index (κ3) is 3.41. The summed E-state index contributed by atoms with van der Waals surface area (Å²) in [6, 6.07) is 10.5. The van der Waals surface area contributed by atoms with Crippen LogP contribution in [0.3, 0.4) is 0 Å². The van der Waals surface area contributed by atoms with Gasteiger partial charge in [-0.2, -0.15) is 0 Å². The Morgan fingerprint density at radius 3 is 2.50 bits per heavy atom. The zero-order valence-electron chi connectivity index (χ0n) is 12.9. The zero-order valence-corrected chi connectivity index (χ0v) is 14.4. The number of halogens is 1. The average molecular weight is 390 g/mol. The second-order valence-electron chi connectivity index (χ2n) is 5.47. The lowest BCUT2D eigenvalue weighted by Gasteiger charge is -2.35. The predicted molar refractivity (Wildman–Crippen MR) is 93.5 cm³/mol. The molecule has 1 aliphatic heterocycles. The van der Waals surface area contributed by atoms with Crippen molar-refractivity contribution in [1.82, 2.24) is 9.88 Å². The number of hydrogen-bond acceptors (Lipinski definition) is 4. The number of rotatable bonds is 3. The molecule has 0 bridgehead atoms. The van der Waals surface area contributed by atoms with Gasteiger partial charge in [-0.1, -0.05) is 22.0 Å². The fourth-order valence-electron chi connectivity index (χ4n) is 2.74. The summed E-state index contributed by atoms with van der Waals surface area (Å²) in [5.41, 5.74) is 0.825. The zero-order chi connectivity index (χ0) is 17.1. The molecule has 3 rings (SSSR count). The molecule has 0 saturated carbocycles. The van der Waals surface area contributed by atoms with Crippen molar-refractivity contribution < 1.29 is 14.7 Å². The maximum atomic E-state index is 12.5. The van der Waals surface area contributed by atoms with Crippen LogP contribution in [0.15, 0.2) is 47.1 Å². The lowest BCUT2D eigenvalue weighted by atomic mass is 10.1. The summed E-state index contributed by atoms with van der Waals surface area (Å²) in [7, 11) is 0. The second kappa shape index (κ2) is 7.00. The summed E-state index contributed by atoms with van der Waals surface area (Å²) < 4.78 is 0.867. The second-order valence-corrected chi connectivity index (χ2v) is 6.38. The Morgan fingerprint density at radius 1 is 1.08 bits per heavy atom. The Balaban J connectivity index is 1.70. The van der Waals surface area contributed by atoms with Gasteiger partial charge in [-0.3, -0.25) is 4.79 Å². The molecule has 6 nitrogen and oxygen atoms in total. The van der Waals surface area contributed by atoms with Crippen LogP contribution >= 0.6 is 15.9 Å². The number of piperazine rings is 1. The molecule has 1 aromatic carbocycles. The van der Waals surface area contributed by atoms with Crippen molar-refractivity contribution in [2.24, 2.45) is 0 Å². The van der Waals surface area contributed by atoms with Crippen molar-refractivity contribution in [2.45, 2.75) is 0 Å². The molecule has 24 heavy (non-hydrogen) atoms. The maximum Gasteiger partial charge on any atom is 0.339 e. The van der Waals surface area contributed by atoms with E-state index in [0.29, 0.717) is 37.6 Å². The Bertz CT molecular complexity index is 773. The SMILES string of the molecule is O=C(O)c1cccnc1N1CCN(C(=O)c2cccc(Br)c2)CC1. The van der Waals surface area contributed by atoms with Gasteiger partial charge in [0.15, 0.2) is 0 Å². The molecule has 1 N–H and O–H groups in total. The van der Waals surface area contributed by atoms with Gasteiger partial charge >= 0.3 is 5.97 Å². The summed E-state index contributed by atoms with van der Waals surface area (Å²) in [4.78, 5) is 31.8. The van der Waals surface area contributed by atoms with Gasteiger partial charge in [-0.05, 0) is 30.3 Å². The van der Waals surface area contributed by atoms with Gasteiger partial charge in [-0.15, -0.1) is 0 Å². The number of carboxylic acid groups (broad SMARTS) is 1. The first kappa shape index (κ1) is 16.4. The monoisotopic (exact) mass is 389 g/mol. The van der Waals surface area contributed by atoms with E-state index >= 15 is 0 Å². The normalized spacial score (nSPS) is 14.5. The van der Waals surface area contributed by atoms with Crippen molar-refractivity contribution in [3.63, 3.8) is 0 Å². The van der Waals surface area contributed by atoms with Crippen LogP contribution in [0.5, 0.6) is 0 Å². The fourth-order valence-corrected chi connectivity index (χ4v) is 3.14. The Morgan fingerprint density at radius 2 is 1.83 bits per heavy atom. The largest absolute Gasteiger partial charge is 0.478 e. The summed E-state index contributed by atoms with van der Waals surface area (Å²) in [6.07, 6.45) is 1.58. The first-order chi connectivity index (χ1) is 11.6. The molecule has 0 radical (unpaired) electrons. The lowest BCUT2D eigenvalue weighted by molar-refractivity contribution is 0.0692. The number of nitrogens with zero attached hydrogens (tertiary/aromatic N) is 3. The van der Waals surface area contributed by atoms with Crippen LogP contribution in [0.2, 0.25) is 0 Å². The van der Waals surface area contributed by atoms with E-state index in [-0.39, 0.29) is 11.5 Å². The van der Waals surface area contributed by atoms with E-state index in [9.17, 15) is 14.7 Å². The van der Waals surface area contributed by atoms with Crippen LogP contribution in [-0.4, -0.2) is 53.0 Å². The summed E-state index contributed by atoms with van der Waals surface area (Å²) >= 11 is 3.37. The highest BCUT2D eigenvalue weighted by Crippen LogP contribution is 2.20. The van der Waals surface area contributed by atoms with Gasteiger partial charge in [0.05, 0.1) is 0 Å². The minimum absolute atomic E-state index is 0.0181. The van der Waals surface area contributed by atoms with Crippen molar-refractivity contribution in [2.75, 3.05) is 31.1 Å². The number of benzene rings is 1. The average Bonchev–Trinajstić information content (AvgIpc) is 2.61. The fraction of sp³-hybridized carbons (Fsp3) is 0.235. The standard InChI is InChI=1S/C17H16BrN3O3/c18-13-4-1-3-12(11-13)16(22)21-9-7-20(8-10-21)15-14(17(23)24)5-2-6-19-15/h1-6,11H,7-10H2,(H,23,24). The predicted octanol–water partition coefficient (Wildman–Crippen LogP) is 2.50. The summed E-state index contributed by atoms with van der Waals surface area (Å²) in [5.74, 6) is -0.555. The number of aromatic carboxylic acids is 1. The van der Waals surface area contributed by atoms with Crippen molar-refractivity contribution >= 4 is 33.6 Å². The molecule has 7 heteroatoms. The molecule has 2 aromatic rings. The summed E-state index contributed by atoms with van der Waals surface area (Å²) in [6.45, 7) is 2.16. The molecule has 1 aromatic heterocycles. The van der Waals surface area contributed by atoms with E-state index in [2.05, 4.69) is 20.9 Å². The highest BCUT2D eigenvalue weighted by atomic mass is 79.9. The number of amides is 1. The highest BCUT2D eigenvalue weighted by molar-refractivity contribution is 9.10. The van der Waals surface area contributed by atoms with Crippen LogP contribution in [0, 0.1) is 0 Å². The van der Waals surface area contributed by atoms with E-state index < -0.39 is 5.97 Å². The highest BCUT2D eigenvalue weighted by Gasteiger charge is 2.25. The Hall–Kier alpha value is -2.41. The quantitative estimate of drug-likeness (QED) is 0.872. The Kier molecular flexibility index (Phi) is 4.80. The van der Waals surface area contributed by atoms with Gasteiger partial charge in [0, 0.05) is 42.4 Å². The molecule has 1 aliphatic rings. The first-order valence-electron chi connectivity index (χ1n) is 7.54. The molecule has 1 saturated heterocycles. The number of carbonyl (C=O) groups is 2. The van der Waals surface area contributed by atoms with E-state index in [1.165, 1.54) is 0 Å². The number of anilines is 1. The molecule has 0 atom stereocenters. The van der Waals surface area contributed by atoms with Crippen LogP contribution in [0.4, 0.5) is 5.82 Å². The molecule has 0 unspecified atom stereocenters. The van der Waals surface area contributed by atoms with Crippen molar-refractivity contribution in [3.05, 3.63) is 58.2 Å². The minimum Gasteiger partial charge on any atom is -0.478 e. The van der Waals surface area contributed by atoms with Gasteiger partial charge in [0.1, 0.15) is 11.4 Å². The van der Waals surface area contributed by atoms with E-state index in [4.69, 9.17) is 0 Å². The van der Waals surface area contributed by atoms with Crippen LogP contribution in [-0.2, 0) is 0 Å². The Labute approximate surface area is 147 Å². The smallest absolute Gasteiger partial charge is 0.339 e. The van der Waals surface area contributed by atoms with Gasteiger partial charge in [0.2, 0.25) is 0 Å². The number of carboxylic acids is 1. The van der Waals surface area contributed by atoms with E-state index in [1.54, 1.807) is 35.4 Å². The third-order valence-corrected chi connectivity index (χ3v) is 4.45. The number of aromatic nitrogens is 1. The maximum absolute atomic E-state index is 12.5. The third-order valence-electron chi connectivity index (χ3n) is 3.96. The van der Waals surface area contributed by atoms with E-state index in [0.717, 1.165) is 4.47 Å². The van der Waals surface area contributed by atoms with Crippen LogP contribution in [0.25, 0.3) is 0 Å². The summed E-state index contributed by atoms with van der Waals surface area (Å²) in [5, 5.41) is 9.28. The van der Waals surface area contributed by atoms with Crippen LogP contribution < -0.4 is 4.90 Å². The molecular weight excluding hydrogens is 374 g/mol. The van der Waals surface area contributed by atoms with Gasteiger partial charge in [-0.25, -0.2) is 9.78 Å². The lowest BCUT2D eigenvalue weighted by Crippen LogP contribution is -2.49. The minimum atomic E-state index is -0.995.